The molecule has 1 aromatic carbocycles. The fourth-order valence-corrected chi connectivity index (χ4v) is 3.84. The van der Waals surface area contributed by atoms with Crippen LogP contribution in [0.1, 0.15) is 47.7 Å². The van der Waals surface area contributed by atoms with Crippen molar-refractivity contribution in [2.24, 2.45) is 0 Å². The van der Waals surface area contributed by atoms with Gasteiger partial charge in [0.2, 0.25) is 0 Å². The predicted molar refractivity (Wildman–Crippen MR) is 90.5 cm³/mol. The Kier molecular flexibility index (Phi) is 3.76. The Labute approximate surface area is 144 Å². The van der Waals surface area contributed by atoms with Gasteiger partial charge in [-0.15, -0.1) is 0 Å². The maximum atomic E-state index is 14.5. The van der Waals surface area contributed by atoms with Crippen LogP contribution in [0.25, 0.3) is 0 Å². The lowest BCUT2D eigenvalue weighted by Crippen LogP contribution is -2.40. The monoisotopic (exact) mass is 347 g/mol. The average molecular weight is 347 g/mol. The molecule has 1 fully saturated rings. The van der Waals surface area contributed by atoms with E-state index in [4.69, 9.17) is 0 Å². The molecule has 1 aromatic heterocycles. The van der Waals surface area contributed by atoms with Crippen molar-refractivity contribution in [2.45, 2.75) is 37.8 Å². The quantitative estimate of drug-likeness (QED) is 0.885. The summed E-state index contributed by atoms with van der Waals surface area (Å²) in [6, 6.07) is 6.51. The Hall–Kier alpha value is -2.08. The molecule has 132 valence electrons. The number of benzene rings is 1. The third-order valence-corrected chi connectivity index (χ3v) is 5.23. The van der Waals surface area contributed by atoms with Gasteiger partial charge in [-0.25, -0.2) is 13.2 Å². The van der Waals surface area contributed by atoms with Crippen molar-refractivity contribution in [1.29, 1.82) is 0 Å². The third-order valence-electron chi connectivity index (χ3n) is 5.23. The molecular formula is C19H20F3N3. The number of para-hydroxylation sites is 1. The van der Waals surface area contributed by atoms with E-state index in [0.717, 1.165) is 30.5 Å². The first-order valence-electron chi connectivity index (χ1n) is 8.42. The lowest BCUT2D eigenvalue weighted by molar-refractivity contribution is 0.145. The van der Waals surface area contributed by atoms with Gasteiger partial charge in [0.25, 0.3) is 6.43 Å². The van der Waals surface area contributed by atoms with E-state index in [0.29, 0.717) is 11.3 Å². The number of aromatic nitrogens is 1. The summed E-state index contributed by atoms with van der Waals surface area (Å²) in [7, 11) is 1.90. The highest BCUT2D eigenvalue weighted by atomic mass is 19.3. The van der Waals surface area contributed by atoms with Crippen LogP contribution in [-0.4, -0.2) is 24.1 Å². The molecule has 4 rings (SSSR count). The number of alkyl halides is 2. The van der Waals surface area contributed by atoms with Crippen LogP contribution in [0.2, 0.25) is 0 Å². The molecule has 0 amide bonds. The lowest BCUT2D eigenvalue weighted by atomic mass is 9.96. The van der Waals surface area contributed by atoms with E-state index in [1.54, 1.807) is 19.1 Å². The largest absolute Gasteiger partial charge is 0.370 e. The van der Waals surface area contributed by atoms with Gasteiger partial charge < -0.3 is 4.90 Å². The van der Waals surface area contributed by atoms with Crippen LogP contribution in [0.4, 0.5) is 18.9 Å². The normalized spacial score (nSPS) is 21.4. The van der Waals surface area contributed by atoms with E-state index >= 15 is 0 Å². The second-order valence-corrected chi connectivity index (χ2v) is 7.16. The minimum absolute atomic E-state index is 0.0554. The average Bonchev–Trinajstić information content (AvgIpc) is 3.32. The molecule has 0 bridgehead atoms. The molecular weight excluding hydrogens is 327 g/mol. The molecule has 1 aliphatic heterocycles. The van der Waals surface area contributed by atoms with Gasteiger partial charge in [0.1, 0.15) is 11.5 Å². The number of rotatable bonds is 2. The Morgan fingerprint density at radius 2 is 2.08 bits per heavy atom. The predicted octanol–water partition coefficient (Wildman–Crippen LogP) is 4.13. The Balaban J connectivity index is 1.84. The highest BCUT2D eigenvalue weighted by molar-refractivity contribution is 5.60. The van der Waals surface area contributed by atoms with E-state index in [-0.39, 0.29) is 23.1 Å². The van der Waals surface area contributed by atoms with Crippen molar-refractivity contribution >= 4 is 5.69 Å². The van der Waals surface area contributed by atoms with Gasteiger partial charge in [-0.05, 0) is 42.5 Å². The molecule has 2 aromatic rings. The molecule has 1 spiro atoms. The molecule has 1 unspecified atom stereocenters. The standard InChI is InChI=1S/C19H20F3N3/c1-11-8-12(9-23-15(11)18(21)22)16-13-4-3-5-14(20)17(13)25(2)10-19(24-16)6-7-19/h3-5,8-9,16,18,24H,6-7,10H2,1-2H3. The van der Waals surface area contributed by atoms with E-state index in [2.05, 4.69) is 10.3 Å². The molecule has 1 aliphatic carbocycles. The summed E-state index contributed by atoms with van der Waals surface area (Å²) in [4.78, 5) is 5.93. The minimum Gasteiger partial charge on any atom is -0.370 e. The zero-order chi connectivity index (χ0) is 17.8. The third kappa shape index (κ3) is 2.78. The molecule has 25 heavy (non-hydrogen) atoms. The number of nitrogens with zero attached hydrogens (tertiary/aromatic N) is 2. The highest BCUT2D eigenvalue weighted by Gasteiger charge is 2.48. The number of likely N-dealkylation sites (N-methyl/N-ethyl adjacent to an activating group) is 1. The van der Waals surface area contributed by atoms with Crippen molar-refractivity contribution in [3.05, 3.63) is 58.7 Å². The first kappa shape index (κ1) is 16.4. The molecule has 1 N–H and O–H groups in total. The van der Waals surface area contributed by atoms with Crippen LogP contribution < -0.4 is 10.2 Å². The van der Waals surface area contributed by atoms with Crippen LogP contribution in [0.3, 0.4) is 0 Å². The number of pyridine rings is 1. The lowest BCUT2D eigenvalue weighted by Gasteiger charge is -2.24. The van der Waals surface area contributed by atoms with Gasteiger partial charge >= 0.3 is 0 Å². The second-order valence-electron chi connectivity index (χ2n) is 7.16. The number of aryl methyl sites for hydroxylation is 1. The van der Waals surface area contributed by atoms with Crippen LogP contribution in [0.15, 0.2) is 30.5 Å². The zero-order valence-electron chi connectivity index (χ0n) is 14.2. The van der Waals surface area contributed by atoms with Gasteiger partial charge in [-0.3, -0.25) is 10.3 Å². The zero-order valence-corrected chi connectivity index (χ0v) is 14.2. The van der Waals surface area contributed by atoms with Crippen LogP contribution in [-0.2, 0) is 0 Å². The van der Waals surface area contributed by atoms with Crippen molar-refractivity contribution < 1.29 is 13.2 Å². The minimum atomic E-state index is -2.60. The first-order chi connectivity index (χ1) is 11.9. The Bertz CT molecular complexity index is 818. The molecule has 6 heteroatoms. The second kappa shape index (κ2) is 5.73. The Morgan fingerprint density at radius 1 is 1.32 bits per heavy atom. The maximum Gasteiger partial charge on any atom is 0.280 e. The van der Waals surface area contributed by atoms with Crippen molar-refractivity contribution in [3.63, 3.8) is 0 Å². The molecule has 3 nitrogen and oxygen atoms in total. The Morgan fingerprint density at radius 3 is 2.72 bits per heavy atom. The van der Waals surface area contributed by atoms with Crippen LogP contribution in [0, 0.1) is 12.7 Å². The van der Waals surface area contributed by atoms with E-state index in [9.17, 15) is 13.2 Å². The summed E-state index contributed by atoms with van der Waals surface area (Å²) in [5, 5.41) is 3.64. The highest BCUT2D eigenvalue weighted by Crippen LogP contribution is 2.45. The topological polar surface area (TPSA) is 28.2 Å². The number of hydrogen-bond donors (Lipinski definition) is 1. The number of fused-ring (bicyclic) bond motifs is 1. The summed E-state index contributed by atoms with van der Waals surface area (Å²) < 4.78 is 40.5. The summed E-state index contributed by atoms with van der Waals surface area (Å²) >= 11 is 0. The fraction of sp³-hybridized carbons (Fsp3) is 0.421. The van der Waals surface area contributed by atoms with E-state index in [1.165, 1.54) is 12.3 Å². The number of hydrogen-bond acceptors (Lipinski definition) is 3. The molecule has 2 heterocycles. The number of anilines is 1. The smallest absolute Gasteiger partial charge is 0.280 e. The van der Waals surface area contributed by atoms with Crippen LogP contribution in [0.5, 0.6) is 0 Å². The van der Waals surface area contributed by atoms with Gasteiger partial charge in [-0.1, -0.05) is 18.2 Å². The van der Waals surface area contributed by atoms with Crippen LogP contribution >= 0.6 is 0 Å². The molecule has 2 aliphatic rings. The summed E-state index contributed by atoms with van der Waals surface area (Å²) in [5.41, 5.74) is 2.37. The molecule has 0 radical (unpaired) electrons. The van der Waals surface area contributed by atoms with Crippen molar-refractivity contribution in [2.75, 3.05) is 18.5 Å². The maximum absolute atomic E-state index is 14.5. The summed E-state index contributed by atoms with van der Waals surface area (Å²) in [5.74, 6) is -0.265. The van der Waals surface area contributed by atoms with Gasteiger partial charge in [0, 0.05) is 25.3 Å². The van der Waals surface area contributed by atoms with Crippen molar-refractivity contribution in [1.82, 2.24) is 10.3 Å². The van der Waals surface area contributed by atoms with Gasteiger partial charge in [-0.2, -0.15) is 0 Å². The van der Waals surface area contributed by atoms with E-state index in [1.807, 2.05) is 18.0 Å². The number of halogens is 3. The van der Waals surface area contributed by atoms with Crippen molar-refractivity contribution in [3.8, 4) is 0 Å². The van der Waals surface area contributed by atoms with Gasteiger partial charge in [0.15, 0.2) is 0 Å². The fourth-order valence-electron chi connectivity index (χ4n) is 3.84. The van der Waals surface area contributed by atoms with Gasteiger partial charge in [0.05, 0.1) is 11.7 Å². The summed E-state index contributed by atoms with van der Waals surface area (Å²) in [6.07, 6.45) is 0.930. The molecule has 1 atom stereocenters. The van der Waals surface area contributed by atoms with E-state index < -0.39 is 6.43 Å². The molecule has 1 saturated carbocycles. The SMILES string of the molecule is Cc1cc(C2NC3(CC3)CN(C)c3c(F)cccc32)cnc1C(F)F. The molecule has 0 saturated heterocycles. The first-order valence-corrected chi connectivity index (χ1v) is 8.42. The number of nitrogens with one attached hydrogen (secondary N) is 1. The summed E-state index contributed by atoms with van der Waals surface area (Å²) in [6.45, 7) is 2.36.